The Kier molecular flexibility index (Phi) is 4.68. The Morgan fingerprint density at radius 3 is 2.38 bits per heavy atom. The van der Waals surface area contributed by atoms with E-state index in [1.165, 1.54) is 0 Å². The Hall–Kier alpha value is -1.81. The minimum absolute atomic E-state index is 0.0625. The molecule has 0 aliphatic rings. The normalized spacial score (nSPS) is 12.0. The number of nitrogens with one attached hydrogen (secondary N) is 1. The molecular weight excluding hydrogens is 328 g/mol. The maximum absolute atomic E-state index is 12.4. The zero-order valence-corrected chi connectivity index (χ0v) is 14.0. The number of carbonyl (C=O) groups is 1. The third-order valence-electron chi connectivity index (χ3n) is 3.58. The first kappa shape index (κ1) is 15.6. The summed E-state index contributed by atoms with van der Waals surface area (Å²) in [7, 11) is 0. The highest BCUT2D eigenvalue weighted by atomic mass is 79.9. The Morgan fingerprint density at radius 1 is 1.14 bits per heavy atom. The first-order valence-electron chi connectivity index (χ1n) is 6.81. The molecule has 0 fully saturated rings. The lowest BCUT2D eigenvalue weighted by Crippen LogP contribution is -2.27. The van der Waals surface area contributed by atoms with E-state index in [0.717, 1.165) is 21.2 Å². The van der Waals surface area contributed by atoms with Gasteiger partial charge in [0.05, 0.1) is 6.04 Å². The molecule has 21 heavy (non-hydrogen) atoms. The van der Waals surface area contributed by atoms with Crippen molar-refractivity contribution >= 4 is 27.5 Å². The molecular formula is C17H19BrN2O. The monoisotopic (exact) mass is 346 g/mol. The van der Waals surface area contributed by atoms with Crippen molar-refractivity contribution in [2.45, 2.75) is 26.8 Å². The Labute approximate surface area is 133 Å². The van der Waals surface area contributed by atoms with Crippen molar-refractivity contribution in [3.05, 3.63) is 63.1 Å². The van der Waals surface area contributed by atoms with Crippen molar-refractivity contribution in [3.8, 4) is 0 Å². The third-order valence-corrected chi connectivity index (χ3v) is 4.10. The van der Waals surface area contributed by atoms with Gasteiger partial charge in [-0.05, 0) is 55.7 Å². The van der Waals surface area contributed by atoms with Crippen LogP contribution >= 0.6 is 15.9 Å². The van der Waals surface area contributed by atoms with Crippen molar-refractivity contribution in [2.24, 2.45) is 0 Å². The second-order valence-electron chi connectivity index (χ2n) is 5.27. The summed E-state index contributed by atoms with van der Waals surface area (Å²) in [5, 5.41) is 3.01. The fraction of sp³-hybridized carbons (Fsp3) is 0.235. The lowest BCUT2D eigenvalue weighted by molar-refractivity contribution is 0.0939. The number of anilines is 1. The fourth-order valence-electron chi connectivity index (χ4n) is 2.22. The third kappa shape index (κ3) is 3.64. The van der Waals surface area contributed by atoms with Crippen LogP contribution in [0.25, 0.3) is 0 Å². The maximum Gasteiger partial charge on any atom is 0.252 e. The van der Waals surface area contributed by atoms with E-state index in [0.29, 0.717) is 11.3 Å². The van der Waals surface area contributed by atoms with E-state index in [1.54, 1.807) is 6.07 Å². The molecule has 0 saturated carbocycles. The first-order valence-corrected chi connectivity index (χ1v) is 7.61. The van der Waals surface area contributed by atoms with Gasteiger partial charge in [-0.25, -0.2) is 0 Å². The average molecular weight is 347 g/mol. The number of rotatable bonds is 3. The summed E-state index contributed by atoms with van der Waals surface area (Å²) < 4.78 is 1.02. The van der Waals surface area contributed by atoms with Crippen molar-refractivity contribution in [1.82, 2.24) is 5.32 Å². The van der Waals surface area contributed by atoms with Crippen molar-refractivity contribution in [3.63, 3.8) is 0 Å². The summed E-state index contributed by atoms with van der Waals surface area (Å²) in [6, 6.07) is 11.5. The lowest BCUT2D eigenvalue weighted by Gasteiger charge is -2.16. The van der Waals surface area contributed by atoms with Gasteiger partial charge in [-0.3, -0.25) is 4.79 Å². The molecule has 3 N–H and O–H groups in total. The molecule has 1 amide bonds. The van der Waals surface area contributed by atoms with Crippen LogP contribution in [-0.2, 0) is 0 Å². The van der Waals surface area contributed by atoms with Crippen LogP contribution in [0.15, 0.2) is 40.9 Å². The van der Waals surface area contributed by atoms with E-state index < -0.39 is 0 Å². The molecule has 0 aliphatic heterocycles. The van der Waals surface area contributed by atoms with Gasteiger partial charge >= 0.3 is 0 Å². The van der Waals surface area contributed by atoms with Crippen LogP contribution in [0.3, 0.4) is 0 Å². The highest BCUT2D eigenvalue weighted by molar-refractivity contribution is 9.10. The summed E-state index contributed by atoms with van der Waals surface area (Å²) in [5.41, 5.74) is 10.2. The Bertz CT molecular complexity index is 665. The number of hydrogen-bond donors (Lipinski definition) is 2. The van der Waals surface area contributed by atoms with Gasteiger partial charge in [-0.15, -0.1) is 0 Å². The molecule has 2 rings (SSSR count). The van der Waals surface area contributed by atoms with Gasteiger partial charge in [-0.1, -0.05) is 34.1 Å². The minimum Gasteiger partial charge on any atom is -0.398 e. The topological polar surface area (TPSA) is 55.1 Å². The van der Waals surface area contributed by atoms with E-state index in [1.807, 2.05) is 51.1 Å². The van der Waals surface area contributed by atoms with Gasteiger partial charge in [0.25, 0.3) is 5.91 Å². The number of halogens is 1. The van der Waals surface area contributed by atoms with Crippen LogP contribution in [0.5, 0.6) is 0 Å². The molecule has 0 spiro atoms. The molecule has 0 radical (unpaired) electrons. The molecule has 1 unspecified atom stereocenters. The van der Waals surface area contributed by atoms with Gasteiger partial charge in [0.15, 0.2) is 0 Å². The molecule has 2 aromatic carbocycles. The smallest absolute Gasteiger partial charge is 0.252 e. The largest absolute Gasteiger partial charge is 0.398 e. The average Bonchev–Trinajstić information content (AvgIpc) is 2.43. The molecule has 2 aromatic rings. The zero-order valence-electron chi connectivity index (χ0n) is 12.4. The molecule has 3 nitrogen and oxygen atoms in total. The van der Waals surface area contributed by atoms with E-state index in [9.17, 15) is 4.79 Å². The highest BCUT2D eigenvalue weighted by Gasteiger charge is 2.14. The van der Waals surface area contributed by atoms with Gasteiger partial charge in [0.1, 0.15) is 0 Å². The van der Waals surface area contributed by atoms with Gasteiger partial charge in [-0.2, -0.15) is 0 Å². The van der Waals surface area contributed by atoms with Crippen LogP contribution in [0, 0.1) is 13.8 Å². The van der Waals surface area contributed by atoms with Crippen LogP contribution in [0.1, 0.15) is 40.0 Å². The number of nitrogens with two attached hydrogens (primary N) is 1. The second kappa shape index (κ2) is 6.31. The first-order chi connectivity index (χ1) is 9.88. The lowest BCUT2D eigenvalue weighted by atomic mass is 10.0. The number of benzene rings is 2. The van der Waals surface area contributed by atoms with Crippen LogP contribution in [0.4, 0.5) is 5.69 Å². The Morgan fingerprint density at radius 2 is 1.76 bits per heavy atom. The fourth-order valence-corrected chi connectivity index (χ4v) is 2.49. The molecule has 0 bridgehead atoms. The SMILES string of the molecule is Cc1cc(C)c(C(=O)NC(C)c2ccc(Br)cc2)cc1N. The summed E-state index contributed by atoms with van der Waals surface area (Å²) in [6.45, 7) is 5.83. The van der Waals surface area contributed by atoms with E-state index >= 15 is 0 Å². The van der Waals surface area contributed by atoms with Crippen LogP contribution < -0.4 is 11.1 Å². The second-order valence-corrected chi connectivity index (χ2v) is 6.19. The van der Waals surface area contributed by atoms with Gasteiger partial charge < -0.3 is 11.1 Å². The summed E-state index contributed by atoms with van der Waals surface area (Å²) in [6.07, 6.45) is 0. The number of aryl methyl sites for hydroxylation is 2. The molecule has 4 heteroatoms. The number of carbonyl (C=O) groups excluding carboxylic acids is 1. The highest BCUT2D eigenvalue weighted by Crippen LogP contribution is 2.20. The minimum atomic E-state index is -0.102. The molecule has 0 aliphatic carbocycles. The molecule has 0 saturated heterocycles. The van der Waals surface area contributed by atoms with Gasteiger partial charge in [0.2, 0.25) is 0 Å². The number of amides is 1. The van der Waals surface area contributed by atoms with Crippen molar-refractivity contribution < 1.29 is 4.79 Å². The predicted octanol–water partition coefficient (Wildman–Crippen LogP) is 4.14. The summed E-state index contributed by atoms with van der Waals surface area (Å²) in [4.78, 5) is 12.4. The summed E-state index contributed by atoms with van der Waals surface area (Å²) >= 11 is 3.41. The van der Waals surface area contributed by atoms with Gasteiger partial charge in [0, 0.05) is 15.7 Å². The quantitative estimate of drug-likeness (QED) is 0.820. The zero-order chi connectivity index (χ0) is 15.6. The summed E-state index contributed by atoms with van der Waals surface area (Å²) in [5.74, 6) is -0.102. The standard InChI is InChI=1S/C17H19BrN2O/c1-10-8-11(2)16(19)9-15(10)17(21)20-12(3)13-4-6-14(18)7-5-13/h4-9,12H,19H2,1-3H3,(H,20,21). The molecule has 1 atom stereocenters. The van der Waals surface area contributed by atoms with Crippen molar-refractivity contribution in [2.75, 3.05) is 5.73 Å². The predicted molar refractivity (Wildman–Crippen MR) is 90.4 cm³/mol. The van der Waals surface area contributed by atoms with Crippen LogP contribution in [0.2, 0.25) is 0 Å². The van der Waals surface area contributed by atoms with E-state index in [2.05, 4.69) is 21.2 Å². The molecule has 0 aromatic heterocycles. The maximum atomic E-state index is 12.4. The Balaban J connectivity index is 2.18. The molecule has 0 heterocycles. The van der Waals surface area contributed by atoms with Crippen LogP contribution in [-0.4, -0.2) is 5.91 Å². The van der Waals surface area contributed by atoms with Crippen molar-refractivity contribution in [1.29, 1.82) is 0 Å². The van der Waals surface area contributed by atoms with E-state index in [4.69, 9.17) is 5.73 Å². The van der Waals surface area contributed by atoms with E-state index in [-0.39, 0.29) is 11.9 Å². The number of hydrogen-bond acceptors (Lipinski definition) is 2. The number of nitrogen functional groups attached to an aromatic ring is 1. The molecule has 110 valence electrons.